The molecule has 6 heterocycles. The van der Waals surface area contributed by atoms with Crippen LogP contribution in [-0.4, -0.2) is 64.3 Å². The van der Waals surface area contributed by atoms with Gasteiger partial charge in [0.2, 0.25) is 0 Å². The first-order valence-corrected chi connectivity index (χ1v) is 17.0. The summed E-state index contributed by atoms with van der Waals surface area (Å²) in [6.45, 7) is 6.68. The normalized spacial score (nSPS) is 22.3. The van der Waals surface area contributed by atoms with Gasteiger partial charge in [0.25, 0.3) is 0 Å². The Hall–Kier alpha value is -4.12. The highest BCUT2D eigenvalue weighted by molar-refractivity contribution is 7.16. The number of aryl methyl sites for hydroxylation is 1. The molecule has 1 aliphatic heterocycles. The standard InChI is InChI=1S/C33H38N10O2S/c1-18(22-9-7-14-41(22)4)43-31-21(17-36-43)30(42-15-11-24(39-42)32(2,3)44)37-29(38-31)26-19-8-5-12-33(27(19)45-40-26)13-6-10-23-25(33)20(16-34)28(35)46-23/h11,15,17-18,22,44H,5-10,12-14,35H2,1-4H3/t18-,22-,33-/m0/s1. The maximum Gasteiger partial charge on any atom is 0.186 e. The SMILES string of the molecule is C[C@@H]([C@@H]1CCCN1C)n1ncc2c(-n3ccc(C(C)(C)O)n3)nc(-c3noc4c3CCC[C@@]43CCCc4sc(N)c(C#N)c43)nc21. The zero-order valence-corrected chi connectivity index (χ0v) is 27.4. The highest BCUT2D eigenvalue weighted by Crippen LogP contribution is 2.55. The molecule has 13 heteroatoms. The van der Waals surface area contributed by atoms with Gasteiger partial charge in [-0.25, -0.2) is 19.3 Å². The van der Waals surface area contributed by atoms with Gasteiger partial charge in [0.05, 0.1) is 34.3 Å². The van der Waals surface area contributed by atoms with Crippen molar-refractivity contribution in [2.75, 3.05) is 19.3 Å². The Morgan fingerprint density at radius 1 is 1.22 bits per heavy atom. The molecule has 0 aromatic carbocycles. The second-order valence-corrected chi connectivity index (χ2v) is 14.8. The summed E-state index contributed by atoms with van der Waals surface area (Å²) in [7, 11) is 2.17. The third kappa shape index (κ3) is 4.27. The maximum atomic E-state index is 10.7. The van der Waals surface area contributed by atoms with Crippen molar-refractivity contribution in [3.63, 3.8) is 0 Å². The summed E-state index contributed by atoms with van der Waals surface area (Å²) < 4.78 is 10.00. The summed E-state index contributed by atoms with van der Waals surface area (Å²) in [6.07, 6.45) is 11.2. The van der Waals surface area contributed by atoms with Crippen molar-refractivity contribution in [2.24, 2.45) is 0 Å². The predicted octanol–water partition coefficient (Wildman–Crippen LogP) is 5.02. The Balaban J connectivity index is 1.32. The van der Waals surface area contributed by atoms with Gasteiger partial charge in [-0.1, -0.05) is 5.16 Å². The van der Waals surface area contributed by atoms with Crippen molar-refractivity contribution in [3.8, 4) is 23.4 Å². The second kappa shape index (κ2) is 10.4. The smallest absolute Gasteiger partial charge is 0.186 e. The van der Waals surface area contributed by atoms with Gasteiger partial charge in [-0.3, -0.25) is 0 Å². The van der Waals surface area contributed by atoms with Crippen LogP contribution in [0.1, 0.15) is 98.4 Å². The molecule has 0 radical (unpaired) electrons. The van der Waals surface area contributed by atoms with E-state index in [4.69, 9.17) is 30.4 Å². The molecule has 8 rings (SSSR count). The van der Waals surface area contributed by atoms with Gasteiger partial charge in [-0.05, 0) is 97.4 Å². The zero-order chi connectivity index (χ0) is 32.0. The van der Waals surface area contributed by atoms with Crippen LogP contribution < -0.4 is 5.73 Å². The first-order chi connectivity index (χ1) is 22.1. The molecule has 1 saturated heterocycles. The Bertz CT molecular complexity index is 2020. The molecule has 3 N–H and O–H groups in total. The molecular formula is C33H38N10O2S. The van der Waals surface area contributed by atoms with E-state index in [0.29, 0.717) is 45.3 Å². The van der Waals surface area contributed by atoms with E-state index in [1.165, 1.54) is 16.2 Å². The summed E-state index contributed by atoms with van der Waals surface area (Å²) in [4.78, 5) is 13.8. The molecule has 1 fully saturated rings. The van der Waals surface area contributed by atoms with Crippen molar-refractivity contribution in [3.05, 3.63) is 51.5 Å². The Morgan fingerprint density at radius 3 is 2.74 bits per heavy atom. The predicted molar refractivity (Wildman–Crippen MR) is 174 cm³/mol. The number of anilines is 1. The number of likely N-dealkylation sites (N-methyl/N-ethyl adjacent to an activating group) is 1. The number of aromatic nitrogens is 7. The van der Waals surface area contributed by atoms with Crippen molar-refractivity contribution in [1.82, 2.24) is 39.6 Å². The number of likely N-dealkylation sites (tertiary alicyclic amines) is 1. The third-order valence-corrected chi connectivity index (χ3v) is 11.5. The summed E-state index contributed by atoms with van der Waals surface area (Å²) in [5.74, 6) is 1.82. The molecule has 12 nitrogen and oxygen atoms in total. The van der Waals surface area contributed by atoms with Crippen LogP contribution in [0.4, 0.5) is 5.00 Å². The van der Waals surface area contributed by atoms with Crippen LogP contribution in [0, 0.1) is 11.3 Å². The Kier molecular flexibility index (Phi) is 6.65. The quantitative estimate of drug-likeness (QED) is 0.267. The molecule has 46 heavy (non-hydrogen) atoms. The highest BCUT2D eigenvalue weighted by Gasteiger charge is 2.49. The minimum Gasteiger partial charge on any atom is -0.389 e. The molecular weight excluding hydrogens is 600 g/mol. The van der Waals surface area contributed by atoms with E-state index in [1.54, 1.807) is 24.6 Å². The number of hydrogen-bond acceptors (Lipinski definition) is 11. The molecule has 1 spiro atoms. The molecule has 3 aliphatic rings. The minimum atomic E-state index is -1.11. The van der Waals surface area contributed by atoms with Crippen LogP contribution in [-0.2, 0) is 23.9 Å². The van der Waals surface area contributed by atoms with E-state index in [-0.39, 0.29) is 6.04 Å². The van der Waals surface area contributed by atoms with Gasteiger partial charge in [-0.2, -0.15) is 15.5 Å². The van der Waals surface area contributed by atoms with Crippen molar-refractivity contribution < 1.29 is 9.63 Å². The molecule has 5 aromatic rings. The lowest BCUT2D eigenvalue weighted by atomic mass is 9.63. The van der Waals surface area contributed by atoms with Gasteiger partial charge < -0.3 is 20.3 Å². The molecule has 0 amide bonds. The van der Waals surface area contributed by atoms with Gasteiger partial charge in [0, 0.05) is 22.7 Å². The van der Waals surface area contributed by atoms with Crippen molar-refractivity contribution >= 4 is 27.4 Å². The average molecular weight is 639 g/mol. The van der Waals surface area contributed by atoms with Crippen LogP contribution in [0.15, 0.2) is 23.0 Å². The highest BCUT2D eigenvalue weighted by atomic mass is 32.1. The number of thiophene rings is 1. The summed E-state index contributed by atoms with van der Waals surface area (Å²) >= 11 is 1.54. The van der Waals surface area contributed by atoms with E-state index >= 15 is 0 Å². The fraction of sp³-hybridized carbons (Fsp3) is 0.515. The number of nitriles is 1. The Morgan fingerprint density at radius 2 is 2.02 bits per heavy atom. The van der Waals surface area contributed by atoms with Crippen LogP contribution in [0.25, 0.3) is 28.4 Å². The number of hydrogen-bond donors (Lipinski definition) is 2. The summed E-state index contributed by atoms with van der Waals surface area (Å²) in [5, 5.41) is 36.4. The number of nitrogens with two attached hydrogens (primary N) is 1. The lowest BCUT2D eigenvalue weighted by Crippen LogP contribution is -2.35. The topological polar surface area (TPSA) is 161 Å². The molecule has 2 aliphatic carbocycles. The fourth-order valence-electron chi connectivity index (χ4n) is 8.18. The minimum absolute atomic E-state index is 0.0776. The van der Waals surface area contributed by atoms with E-state index in [0.717, 1.165) is 80.2 Å². The zero-order valence-electron chi connectivity index (χ0n) is 26.6. The second-order valence-electron chi connectivity index (χ2n) is 13.7. The first-order valence-electron chi connectivity index (χ1n) is 16.2. The number of nitrogen functional groups attached to an aromatic ring is 1. The van der Waals surface area contributed by atoms with Gasteiger partial charge >= 0.3 is 0 Å². The number of fused-ring (bicyclic) bond motifs is 5. The van der Waals surface area contributed by atoms with E-state index in [1.807, 2.05) is 17.1 Å². The van der Waals surface area contributed by atoms with Gasteiger partial charge in [0.15, 0.2) is 28.7 Å². The van der Waals surface area contributed by atoms with Crippen molar-refractivity contribution in [2.45, 2.75) is 95.2 Å². The van der Waals surface area contributed by atoms with Gasteiger partial charge in [-0.15, -0.1) is 11.3 Å². The number of aliphatic hydroxyl groups is 1. The number of nitrogens with zero attached hydrogens (tertiary/aromatic N) is 9. The molecule has 238 valence electrons. The molecule has 0 saturated carbocycles. The van der Waals surface area contributed by atoms with E-state index < -0.39 is 11.0 Å². The molecule has 3 atom stereocenters. The Labute approximate surface area is 270 Å². The van der Waals surface area contributed by atoms with Crippen LogP contribution in [0.3, 0.4) is 0 Å². The lowest BCUT2D eigenvalue weighted by Gasteiger charge is -2.39. The van der Waals surface area contributed by atoms with Crippen LogP contribution in [0.2, 0.25) is 0 Å². The van der Waals surface area contributed by atoms with Crippen LogP contribution in [0.5, 0.6) is 0 Å². The van der Waals surface area contributed by atoms with E-state index in [2.05, 4.69) is 30.1 Å². The van der Waals surface area contributed by atoms with Crippen molar-refractivity contribution in [1.29, 1.82) is 5.26 Å². The number of rotatable bonds is 5. The summed E-state index contributed by atoms with van der Waals surface area (Å²) in [5.41, 5.74) is 9.27. The molecule has 5 aromatic heterocycles. The third-order valence-electron chi connectivity index (χ3n) is 10.5. The van der Waals surface area contributed by atoms with Gasteiger partial charge in [0.1, 0.15) is 16.7 Å². The molecule has 0 unspecified atom stereocenters. The lowest BCUT2D eigenvalue weighted by molar-refractivity contribution is 0.0734. The first kappa shape index (κ1) is 29.3. The summed E-state index contributed by atoms with van der Waals surface area (Å²) in [6, 6.07) is 4.62. The monoisotopic (exact) mass is 638 g/mol. The average Bonchev–Trinajstić information content (AvgIpc) is 3.85. The molecule has 0 bridgehead atoms. The van der Waals surface area contributed by atoms with E-state index in [9.17, 15) is 10.4 Å². The fourth-order valence-corrected chi connectivity index (χ4v) is 9.34. The maximum absolute atomic E-state index is 10.7. The largest absolute Gasteiger partial charge is 0.389 e. The van der Waals surface area contributed by atoms with Crippen LogP contribution >= 0.6 is 11.3 Å².